The molecule has 0 fully saturated rings. The summed E-state index contributed by atoms with van der Waals surface area (Å²) in [5.74, 6) is -0.504. The number of hydrogen-bond acceptors (Lipinski definition) is 3. The van der Waals surface area contributed by atoms with Crippen LogP contribution in [0.1, 0.15) is 36.0 Å². The van der Waals surface area contributed by atoms with Crippen LogP contribution in [0.5, 0.6) is 0 Å². The third-order valence-electron chi connectivity index (χ3n) is 4.24. The average molecular weight is 339 g/mol. The van der Waals surface area contributed by atoms with E-state index in [4.69, 9.17) is 4.74 Å². The minimum atomic E-state index is -0.384. The molecule has 0 N–H and O–H groups in total. The molecule has 0 aliphatic heterocycles. The van der Waals surface area contributed by atoms with Gasteiger partial charge < -0.3 is 9.64 Å². The maximum atomic E-state index is 12.7. The van der Waals surface area contributed by atoms with Crippen LogP contribution in [0.2, 0.25) is 0 Å². The fourth-order valence-electron chi connectivity index (χ4n) is 2.89. The van der Waals surface area contributed by atoms with Crippen LogP contribution in [-0.2, 0) is 14.3 Å². The van der Waals surface area contributed by atoms with Crippen LogP contribution in [0.25, 0.3) is 0 Å². The Bertz CT molecular complexity index is 712. The smallest absolute Gasteiger partial charge is 0.325 e. The largest absolute Gasteiger partial charge is 0.465 e. The van der Waals surface area contributed by atoms with Gasteiger partial charge in [-0.2, -0.15) is 0 Å². The molecular formula is C21H25NO3. The number of rotatable bonds is 7. The van der Waals surface area contributed by atoms with Crippen LogP contribution in [0.3, 0.4) is 0 Å². The van der Waals surface area contributed by atoms with Gasteiger partial charge in [-0.15, -0.1) is 0 Å². The molecule has 0 aliphatic carbocycles. The standard InChI is InChI=1S/C21H25NO3/c1-4-25-21(24)15-22(3)20(23)14-19(17-11-6-5-7-12-17)18-13-9-8-10-16(18)2/h5-13,19H,4,14-15H2,1-3H3/t19-/m0/s1. The van der Waals surface area contributed by atoms with Crippen molar-refractivity contribution in [1.29, 1.82) is 0 Å². The fourth-order valence-corrected chi connectivity index (χ4v) is 2.89. The summed E-state index contributed by atoms with van der Waals surface area (Å²) >= 11 is 0. The lowest BCUT2D eigenvalue weighted by atomic mass is 9.86. The van der Waals surface area contributed by atoms with Crippen molar-refractivity contribution in [3.05, 3.63) is 71.3 Å². The molecule has 0 aromatic heterocycles. The van der Waals surface area contributed by atoms with E-state index in [0.29, 0.717) is 13.0 Å². The lowest BCUT2D eigenvalue weighted by molar-refractivity contribution is -0.148. The van der Waals surface area contributed by atoms with Gasteiger partial charge in [-0.3, -0.25) is 9.59 Å². The molecule has 4 nitrogen and oxygen atoms in total. The number of benzene rings is 2. The predicted molar refractivity (Wildman–Crippen MR) is 98.4 cm³/mol. The molecule has 2 aromatic rings. The minimum absolute atomic E-state index is 0.0258. The van der Waals surface area contributed by atoms with Crippen molar-refractivity contribution in [3.8, 4) is 0 Å². The number of ether oxygens (including phenoxy) is 1. The molecule has 0 bridgehead atoms. The van der Waals surface area contributed by atoms with Crippen molar-refractivity contribution >= 4 is 11.9 Å². The first-order valence-corrected chi connectivity index (χ1v) is 8.53. The van der Waals surface area contributed by atoms with E-state index >= 15 is 0 Å². The molecule has 0 saturated heterocycles. The summed E-state index contributed by atoms with van der Waals surface area (Å²) in [7, 11) is 1.64. The Morgan fingerprint density at radius 2 is 1.68 bits per heavy atom. The van der Waals surface area contributed by atoms with Crippen LogP contribution < -0.4 is 0 Å². The third-order valence-corrected chi connectivity index (χ3v) is 4.24. The highest BCUT2D eigenvalue weighted by Crippen LogP contribution is 2.30. The van der Waals surface area contributed by atoms with E-state index in [9.17, 15) is 9.59 Å². The molecule has 2 rings (SSSR count). The Morgan fingerprint density at radius 3 is 2.32 bits per heavy atom. The highest BCUT2D eigenvalue weighted by Gasteiger charge is 2.22. The van der Waals surface area contributed by atoms with Crippen LogP contribution >= 0.6 is 0 Å². The first kappa shape index (κ1) is 18.7. The third kappa shape index (κ3) is 5.18. The molecule has 4 heteroatoms. The molecule has 0 radical (unpaired) electrons. The van der Waals surface area contributed by atoms with Crippen molar-refractivity contribution in [2.24, 2.45) is 0 Å². The van der Waals surface area contributed by atoms with Gasteiger partial charge >= 0.3 is 5.97 Å². The molecule has 132 valence electrons. The topological polar surface area (TPSA) is 46.6 Å². The predicted octanol–water partition coefficient (Wildman–Crippen LogP) is 3.54. The number of carbonyl (C=O) groups is 2. The van der Waals surface area contributed by atoms with E-state index in [1.165, 1.54) is 4.90 Å². The molecule has 0 heterocycles. The lowest BCUT2D eigenvalue weighted by Crippen LogP contribution is -2.34. The number of nitrogens with zero attached hydrogens (tertiary/aromatic N) is 1. The van der Waals surface area contributed by atoms with E-state index in [-0.39, 0.29) is 24.3 Å². The summed E-state index contributed by atoms with van der Waals surface area (Å²) < 4.78 is 4.92. The maximum Gasteiger partial charge on any atom is 0.325 e. The zero-order chi connectivity index (χ0) is 18.2. The maximum absolute atomic E-state index is 12.7. The zero-order valence-corrected chi connectivity index (χ0v) is 15.1. The molecular weight excluding hydrogens is 314 g/mol. The number of aryl methyl sites for hydroxylation is 1. The quantitative estimate of drug-likeness (QED) is 0.725. The Morgan fingerprint density at radius 1 is 1.04 bits per heavy atom. The van der Waals surface area contributed by atoms with Crippen LogP contribution in [-0.4, -0.2) is 37.0 Å². The highest BCUT2D eigenvalue weighted by atomic mass is 16.5. The first-order valence-electron chi connectivity index (χ1n) is 8.53. The molecule has 1 amide bonds. The molecule has 25 heavy (non-hydrogen) atoms. The second-order valence-corrected chi connectivity index (χ2v) is 6.08. The van der Waals surface area contributed by atoms with Gasteiger partial charge in [0, 0.05) is 19.4 Å². The van der Waals surface area contributed by atoms with Crippen molar-refractivity contribution in [2.75, 3.05) is 20.2 Å². The van der Waals surface area contributed by atoms with Crippen LogP contribution in [0.4, 0.5) is 0 Å². The Balaban J connectivity index is 2.21. The van der Waals surface area contributed by atoms with Gasteiger partial charge in [-0.1, -0.05) is 54.6 Å². The molecule has 1 atom stereocenters. The van der Waals surface area contributed by atoms with E-state index in [1.54, 1.807) is 14.0 Å². The second-order valence-electron chi connectivity index (χ2n) is 6.08. The van der Waals surface area contributed by atoms with Gasteiger partial charge in [0.15, 0.2) is 0 Å². The summed E-state index contributed by atoms with van der Waals surface area (Å²) in [6.07, 6.45) is 0.310. The summed E-state index contributed by atoms with van der Waals surface area (Å²) in [6.45, 7) is 4.10. The van der Waals surface area contributed by atoms with Gasteiger partial charge in [0.1, 0.15) is 6.54 Å². The normalized spacial score (nSPS) is 11.6. The second kappa shape index (κ2) is 9.02. The Kier molecular flexibility index (Phi) is 6.75. The molecule has 2 aromatic carbocycles. The number of hydrogen-bond donors (Lipinski definition) is 0. The number of esters is 1. The summed E-state index contributed by atoms with van der Waals surface area (Å²) in [4.78, 5) is 25.7. The number of carbonyl (C=O) groups excluding carboxylic acids is 2. The summed E-state index contributed by atoms with van der Waals surface area (Å²) in [5, 5.41) is 0. The Hall–Kier alpha value is -2.62. The minimum Gasteiger partial charge on any atom is -0.465 e. The number of amides is 1. The van der Waals surface area contributed by atoms with Gasteiger partial charge in [0.05, 0.1) is 6.61 Å². The number of likely N-dealkylation sites (N-methyl/N-ethyl adjacent to an activating group) is 1. The van der Waals surface area contributed by atoms with Gasteiger partial charge in [-0.05, 0) is 30.5 Å². The summed E-state index contributed by atoms with van der Waals surface area (Å²) in [6, 6.07) is 18.1. The highest BCUT2D eigenvalue weighted by molar-refractivity contribution is 5.82. The molecule has 0 spiro atoms. The van der Waals surface area contributed by atoms with Gasteiger partial charge in [0.25, 0.3) is 0 Å². The average Bonchev–Trinajstić information content (AvgIpc) is 2.61. The van der Waals surface area contributed by atoms with E-state index in [0.717, 1.165) is 16.7 Å². The van der Waals surface area contributed by atoms with E-state index in [1.807, 2.05) is 42.5 Å². The molecule has 0 saturated carbocycles. The molecule has 0 unspecified atom stereocenters. The van der Waals surface area contributed by atoms with Gasteiger partial charge in [-0.25, -0.2) is 0 Å². The fraction of sp³-hybridized carbons (Fsp3) is 0.333. The first-order chi connectivity index (χ1) is 12.0. The van der Waals surface area contributed by atoms with E-state index < -0.39 is 0 Å². The molecule has 0 aliphatic rings. The SMILES string of the molecule is CCOC(=O)CN(C)C(=O)C[C@@H](c1ccccc1)c1ccccc1C. The van der Waals surface area contributed by atoms with Crippen molar-refractivity contribution < 1.29 is 14.3 Å². The van der Waals surface area contributed by atoms with Crippen LogP contribution in [0, 0.1) is 6.92 Å². The van der Waals surface area contributed by atoms with Crippen molar-refractivity contribution in [1.82, 2.24) is 4.90 Å². The van der Waals surface area contributed by atoms with Crippen molar-refractivity contribution in [3.63, 3.8) is 0 Å². The zero-order valence-electron chi connectivity index (χ0n) is 15.1. The van der Waals surface area contributed by atoms with E-state index in [2.05, 4.69) is 19.1 Å². The van der Waals surface area contributed by atoms with Crippen LogP contribution in [0.15, 0.2) is 54.6 Å². The van der Waals surface area contributed by atoms with Gasteiger partial charge in [0.2, 0.25) is 5.91 Å². The Labute approximate surface area is 149 Å². The van der Waals surface area contributed by atoms with Crippen molar-refractivity contribution in [2.45, 2.75) is 26.2 Å². The lowest BCUT2D eigenvalue weighted by Gasteiger charge is -2.23. The monoisotopic (exact) mass is 339 g/mol. The summed E-state index contributed by atoms with van der Waals surface area (Å²) in [5.41, 5.74) is 3.37.